The van der Waals surface area contributed by atoms with Crippen LogP contribution < -0.4 is 0 Å². The van der Waals surface area contributed by atoms with Gasteiger partial charge in [0.15, 0.2) is 0 Å². The maximum Gasteiger partial charge on any atom is -0.0107 e. The van der Waals surface area contributed by atoms with Crippen molar-refractivity contribution in [3.05, 3.63) is 23.3 Å². The maximum atomic E-state index is 2.38. The monoisotopic (exact) mass is 164 g/mol. The zero-order valence-electron chi connectivity index (χ0n) is 8.78. The predicted molar refractivity (Wildman–Crippen MR) is 55.1 cm³/mol. The van der Waals surface area contributed by atoms with Crippen LogP contribution in [0.1, 0.15) is 47.0 Å². The Morgan fingerprint density at radius 3 is 2.50 bits per heavy atom. The van der Waals surface area contributed by atoms with Gasteiger partial charge >= 0.3 is 0 Å². The fourth-order valence-electron chi connectivity index (χ4n) is 1.90. The summed E-state index contributed by atoms with van der Waals surface area (Å²) < 4.78 is 0. The molecule has 0 spiro atoms. The fourth-order valence-corrected chi connectivity index (χ4v) is 1.90. The molecule has 0 aliphatic heterocycles. The zero-order chi connectivity index (χ0) is 9.19. The molecule has 0 unspecified atom stereocenters. The SMILES string of the molecule is CCCC(C)(C)C1=CCC(C)=C1. The molecule has 0 atom stereocenters. The van der Waals surface area contributed by atoms with Gasteiger partial charge in [0, 0.05) is 0 Å². The molecule has 0 aromatic rings. The van der Waals surface area contributed by atoms with Crippen LogP contribution >= 0.6 is 0 Å². The van der Waals surface area contributed by atoms with Crippen molar-refractivity contribution in [1.82, 2.24) is 0 Å². The summed E-state index contributed by atoms with van der Waals surface area (Å²) in [6.07, 6.45) is 8.48. The van der Waals surface area contributed by atoms with Crippen molar-refractivity contribution in [3.8, 4) is 0 Å². The van der Waals surface area contributed by atoms with Crippen LogP contribution in [0.3, 0.4) is 0 Å². The van der Waals surface area contributed by atoms with E-state index in [0.29, 0.717) is 5.41 Å². The molecule has 0 saturated carbocycles. The minimum Gasteiger partial charge on any atom is -0.0767 e. The Morgan fingerprint density at radius 2 is 2.08 bits per heavy atom. The van der Waals surface area contributed by atoms with Crippen LogP contribution in [0.2, 0.25) is 0 Å². The summed E-state index contributed by atoms with van der Waals surface area (Å²) in [5.41, 5.74) is 3.45. The molecule has 0 heterocycles. The Morgan fingerprint density at radius 1 is 1.42 bits per heavy atom. The van der Waals surface area contributed by atoms with Gasteiger partial charge in [0.05, 0.1) is 0 Å². The van der Waals surface area contributed by atoms with Gasteiger partial charge in [-0.2, -0.15) is 0 Å². The van der Waals surface area contributed by atoms with Gasteiger partial charge in [0.1, 0.15) is 0 Å². The first-order chi connectivity index (χ1) is 5.56. The minimum atomic E-state index is 0.395. The zero-order valence-corrected chi connectivity index (χ0v) is 8.78. The molecular formula is C12H20. The maximum absolute atomic E-state index is 2.38. The van der Waals surface area contributed by atoms with Crippen LogP contribution in [0.5, 0.6) is 0 Å². The first-order valence-electron chi connectivity index (χ1n) is 4.94. The first kappa shape index (κ1) is 9.57. The summed E-state index contributed by atoms with van der Waals surface area (Å²) >= 11 is 0. The minimum absolute atomic E-state index is 0.395. The van der Waals surface area contributed by atoms with Gasteiger partial charge in [-0.3, -0.25) is 0 Å². The number of rotatable bonds is 3. The summed E-state index contributed by atoms with van der Waals surface area (Å²) in [7, 11) is 0. The van der Waals surface area contributed by atoms with Crippen molar-refractivity contribution in [3.63, 3.8) is 0 Å². The lowest BCUT2D eigenvalue weighted by molar-refractivity contribution is 0.412. The lowest BCUT2D eigenvalue weighted by Gasteiger charge is -2.24. The van der Waals surface area contributed by atoms with E-state index in [0.717, 1.165) is 0 Å². The van der Waals surface area contributed by atoms with Crippen LogP contribution in [-0.4, -0.2) is 0 Å². The van der Waals surface area contributed by atoms with E-state index in [1.807, 2.05) is 0 Å². The summed E-state index contributed by atoms with van der Waals surface area (Å²) in [6.45, 7) is 9.16. The molecule has 0 radical (unpaired) electrons. The average Bonchev–Trinajstić information content (AvgIpc) is 2.36. The lowest BCUT2D eigenvalue weighted by atomic mass is 9.81. The van der Waals surface area contributed by atoms with E-state index in [1.165, 1.54) is 24.8 Å². The van der Waals surface area contributed by atoms with Crippen molar-refractivity contribution < 1.29 is 0 Å². The van der Waals surface area contributed by atoms with Crippen LogP contribution in [0.4, 0.5) is 0 Å². The normalized spacial score (nSPS) is 17.7. The van der Waals surface area contributed by atoms with Crippen molar-refractivity contribution in [2.24, 2.45) is 5.41 Å². The second kappa shape index (κ2) is 3.47. The Bertz CT molecular complexity index is 216. The second-order valence-corrected chi connectivity index (χ2v) is 4.49. The van der Waals surface area contributed by atoms with Crippen LogP contribution in [0.25, 0.3) is 0 Å². The average molecular weight is 164 g/mol. The molecule has 0 aromatic carbocycles. The molecule has 1 aliphatic carbocycles. The summed E-state index contributed by atoms with van der Waals surface area (Å²) in [5, 5.41) is 0. The molecule has 1 aliphatic rings. The first-order valence-corrected chi connectivity index (χ1v) is 4.94. The van der Waals surface area contributed by atoms with Crippen molar-refractivity contribution in [2.75, 3.05) is 0 Å². The summed E-state index contributed by atoms with van der Waals surface area (Å²) in [4.78, 5) is 0. The highest BCUT2D eigenvalue weighted by molar-refractivity contribution is 5.35. The number of hydrogen-bond acceptors (Lipinski definition) is 0. The van der Waals surface area contributed by atoms with E-state index in [4.69, 9.17) is 0 Å². The molecule has 0 amide bonds. The Labute approximate surface area is 76.4 Å². The third kappa shape index (κ3) is 2.00. The lowest BCUT2D eigenvalue weighted by Crippen LogP contribution is -2.12. The molecule has 0 aromatic heterocycles. The number of allylic oxidation sites excluding steroid dienone is 4. The highest BCUT2D eigenvalue weighted by Gasteiger charge is 2.22. The van der Waals surface area contributed by atoms with Gasteiger partial charge in [-0.25, -0.2) is 0 Å². The molecule has 0 heteroatoms. The van der Waals surface area contributed by atoms with Gasteiger partial charge in [0.25, 0.3) is 0 Å². The molecule has 12 heavy (non-hydrogen) atoms. The molecule has 0 bridgehead atoms. The van der Waals surface area contributed by atoms with Gasteiger partial charge in [-0.15, -0.1) is 0 Å². The van der Waals surface area contributed by atoms with E-state index in [-0.39, 0.29) is 0 Å². The molecule has 0 fully saturated rings. The van der Waals surface area contributed by atoms with Crippen LogP contribution in [0, 0.1) is 5.41 Å². The number of hydrogen-bond donors (Lipinski definition) is 0. The Hall–Kier alpha value is -0.520. The molecule has 1 rings (SSSR count). The van der Waals surface area contributed by atoms with Gasteiger partial charge in [0.2, 0.25) is 0 Å². The molecule has 0 saturated heterocycles. The smallest absolute Gasteiger partial charge is 0.0107 e. The molecule has 0 nitrogen and oxygen atoms in total. The highest BCUT2D eigenvalue weighted by Crippen LogP contribution is 2.36. The second-order valence-electron chi connectivity index (χ2n) is 4.49. The van der Waals surface area contributed by atoms with Crippen molar-refractivity contribution in [2.45, 2.75) is 47.0 Å². The van der Waals surface area contributed by atoms with Crippen molar-refractivity contribution in [1.29, 1.82) is 0 Å². The Balaban J connectivity index is 2.69. The third-order valence-electron chi connectivity index (χ3n) is 2.70. The van der Waals surface area contributed by atoms with E-state index in [2.05, 4.69) is 39.8 Å². The molecule has 68 valence electrons. The van der Waals surface area contributed by atoms with E-state index >= 15 is 0 Å². The quantitative estimate of drug-likeness (QED) is 0.589. The van der Waals surface area contributed by atoms with Crippen LogP contribution in [-0.2, 0) is 0 Å². The topological polar surface area (TPSA) is 0 Å². The highest BCUT2D eigenvalue weighted by atomic mass is 14.3. The van der Waals surface area contributed by atoms with Crippen molar-refractivity contribution >= 4 is 0 Å². The standard InChI is InChI=1S/C12H20/c1-5-8-12(3,4)11-7-6-10(2)9-11/h7,9H,5-6,8H2,1-4H3. The molecule has 0 N–H and O–H groups in total. The van der Waals surface area contributed by atoms with Gasteiger partial charge in [-0.1, -0.05) is 44.9 Å². The van der Waals surface area contributed by atoms with E-state index in [1.54, 1.807) is 5.57 Å². The summed E-state index contributed by atoms with van der Waals surface area (Å²) in [5.74, 6) is 0. The predicted octanol–water partition coefficient (Wildman–Crippen LogP) is 4.09. The van der Waals surface area contributed by atoms with E-state index < -0.39 is 0 Å². The fraction of sp³-hybridized carbons (Fsp3) is 0.667. The van der Waals surface area contributed by atoms with Gasteiger partial charge in [-0.05, 0) is 30.8 Å². The largest absolute Gasteiger partial charge is 0.0767 e. The Kier molecular flexibility index (Phi) is 2.76. The summed E-state index contributed by atoms with van der Waals surface area (Å²) in [6, 6.07) is 0. The molecular weight excluding hydrogens is 144 g/mol. The van der Waals surface area contributed by atoms with Crippen LogP contribution in [0.15, 0.2) is 23.3 Å². The van der Waals surface area contributed by atoms with Gasteiger partial charge < -0.3 is 0 Å². The van der Waals surface area contributed by atoms with E-state index in [9.17, 15) is 0 Å². The third-order valence-corrected chi connectivity index (χ3v) is 2.70.